The second-order valence-corrected chi connectivity index (χ2v) is 4.32. The van der Waals surface area contributed by atoms with E-state index in [0.29, 0.717) is 0 Å². The van der Waals surface area contributed by atoms with Crippen LogP contribution in [0.1, 0.15) is 10.4 Å². The number of aldehydes is 1. The fraction of sp³-hybridized carbons (Fsp3) is 0.200. The molecule has 0 saturated carbocycles. The van der Waals surface area contributed by atoms with Crippen LogP contribution in [-0.4, -0.2) is 21.6 Å². The molecule has 3 nitrogen and oxygen atoms in total. The number of aryl methyl sites for hydroxylation is 1. The monoisotopic (exact) mass is 204 g/mol. The quantitative estimate of drug-likeness (QED) is 0.666. The van der Waals surface area contributed by atoms with Gasteiger partial charge >= 0.3 is 0 Å². The zero-order valence-corrected chi connectivity index (χ0v) is 8.25. The van der Waals surface area contributed by atoms with Crippen molar-refractivity contribution < 1.29 is 4.79 Å². The van der Waals surface area contributed by atoms with Crippen molar-refractivity contribution in [3.63, 3.8) is 0 Å². The fourth-order valence-corrected chi connectivity index (χ4v) is 2.71. The largest absolute Gasteiger partial charge is 0.318 e. The van der Waals surface area contributed by atoms with Gasteiger partial charge in [0, 0.05) is 17.9 Å². The molecule has 0 atom stereocenters. The van der Waals surface area contributed by atoms with Crippen molar-refractivity contribution in [3.8, 4) is 0 Å². The SMILES string of the molecule is O=Cc1ccc2nc3n(c2c1)CCS3. The van der Waals surface area contributed by atoms with Crippen LogP contribution in [0.5, 0.6) is 0 Å². The Morgan fingerprint density at radius 2 is 2.43 bits per heavy atom. The van der Waals surface area contributed by atoms with Crippen molar-refractivity contribution >= 4 is 29.1 Å². The highest BCUT2D eigenvalue weighted by atomic mass is 32.2. The highest BCUT2D eigenvalue weighted by Gasteiger charge is 2.16. The number of imidazole rings is 1. The van der Waals surface area contributed by atoms with Gasteiger partial charge in [0.1, 0.15) is 6.29 Å². The van der Waals surface area contributed by atoms with Crippen molar-refractivity contribution in [1.29, 1.82) is 0 Å². The maximum atomic E-state index is 10.6. The maximum Gasteiger partial charge on any atom is 0.169 e. The van der Waals surface area contributed by atoms with Crippen LogP contribution < -0.4 is 0 Å². The molecule has 3 rings (SSSR count). The van der Waals surface area contributed by atoms with Crippen molar-refractivity contribution in [2.45, 2.75) is 11.7 Å². The summed E-state index contributed by atoms with van der Waals surface area (Å²) >= 11 is 1.77. The summed E-state index contributed by atoms with van der Waals surface area (Å²) in [5.41, 5.74) is 2.78. The molecule has 0 N–H and O–H groups in total. The Morgan fingerprint density at radius 3 is 3.29 bits per heavy atom. The third-order valence-electron chi connectivity index (χ3n) is 2.42. The molecule has 1 aromatic heterocycles. The van der Waals surface area contributed by atoms with Crippen molar-refractivity contribution in [2.75, 3.05) is 5.75 Å². The third-order valence-corrected chi connectivity index (χ3v) is 3.38. The van der Waals surface area contributed by atoms with Gasteiger partial charge in [0.05, 0.1) is 11.0 Å². The molecule has 0 radical (unpaired) electrons. The number of benzene rings is 1. The van der Waals surface area contributed by atoms with E-state index in [0.717, 1.165) is 40.3 Å². The second kappa shape index (κ2) is 2.85. The Kier molecular flexibility index (Phi) is 1.64. The predicted molar refractivity (Wildman–Crippen MR) is 55.8 cm³/mol. The van der Waals surface area contributed by atoms with Gasteiger partial charge in [0.25, 0.3) is 0 Å². The number of nitrogens with zero attached hydrogens (tertiary/aromatic N) is 2. The van der Waals surface area contributed by atoms with E-state index in [1.54, 1.807) is 11.8 Å². The van der Waals surface area contributed by atoms with Gasteiger partial charge in [-0.05, 0) is 18.2 Å². The molecule has 2 aromatic rings. The molecule has 4 heteroatoms. The molecule has 0 aliphatic carbocycles. The van der Waals surface area contributed by atoms with E-state index in [1.807, 2.05) is 18.2 Å². The summed E-state index contributed by atoms with van der Waals surface area (Å²) in [6.07, 6.45) is 0.876. The standard InChI is InChI=1S/C10H8N2OS/c13-6-7-1-2-8-9(5-7)12-3-4-14-10(12)11-8/h1-2,5-6H,3-4H2. The lowest BCUT2D eigenvalue weighted by Gasteiger charge is -1.97. The van der Waals surface area contributed by atoms with E-state index in [1.165, 1.54) is 0 Å². The lowest BCUT2D eigenvalue weighted by Crippen LogP contribution is -1.93. The molecule has 0 bridgehead atoms. The van der Waals surface area contributed by atoms with Crippen LogP contribution in [0.15, 0.2) is 23.4 Å². The van der Waals surface area contributed by atoms with E-state index >= 15 is 0 Å². The first-order valence-electron chi connectivity index (χ1n) is 4.47. The van der Waals surface area contributed by atoms with Gasteiger partial charge in [-0.3, -0.25) is 4.79 Å². The molecular weight excluding hydrogens is 196 g/mol. The Morgan fingerprint density at radius 1 is 1.50 bits per heavy atom. The van der Waals surface area contributed by atoms with Gasteiger partial charge in [-0.15, -0.1) is 0 Å². The molecular formula is C10H8N2OS. The summed E-state index contributed by atoms with van der Waals surface area (Å²) in [5, 5.41) is 1.07. The Hall–Kier alpha value is -1.29. The Labute approximate surface area is 85.1 Å². The number of thioether (sulfide) groups is 1. The lowest BCUT2D eigenvalue weighted by atomic mass is 10.2. The van der Waals surface area contributed by atoms with Crippen molar-refractivity contribution in [1.82, 2.24) is 9.55 Å². The number of carbonyl (C=O) groups excluding carboxylic acids is 1. The molecule has 0 spiro atoms. The van der Waals surface area contributed by atoms with E-state index in [-0.39, 0.29) is 0 Å². The van der Waals surface area contributed by atoms with Crippen LogP contribution in [0, 0.1) is 0 Å². The summed E-state index contributed by atoms with van der Waals surface area (Å²) in [7, 11) is 0. The molecule has 0 fully saturated rings. The molecule has 1 aliphatic heterocycles. The van der Waals surface area contributed by atoms with E-state index in [2.05, 4.69) is 9.55 Å². The smallest absolute Gasteiger partial charge is 0.169 e. The van der Waals surface area contributed by atoms with Crippen molar-refractivity contribution in [2.24, 2.45) is 0 Å². The second-order valence-electron chi connectivity index (χ2n) is 3.26. The average molecular weight is 204 g/mol. The van der Waals surface area contributed by atoms with Gasteiger partial charge in [-0.2, -0.15) is 0 Å². The number of hydrogen-bond acceptors (Lipinski definition) is 3. The zero-order chi connectivity index (χ0) is 9.54. The van der Waals surface area contributed by atoms with Crippen LogP contribution in [0.25, 0.3) is 11.0 Å². The zero-order valence-electron chi connectivity index (χ0n) is 7.43. The van der Waals surface area contributed by atoms with Gasteiger partial charge in [-0.1, -0.05) is 11.8 Å². The lowest BCUT2D eigenvalue weighted by molar-refractivity contribution is 0.112. The van der Waals surface area contributed by atoms with Crippen LogP contribution in [0.2, 0.25) is 0 Å². The Balaban J connectivity index is 2.34. The summed E-state index contributed by atoms with van der Waals surface area (Å²) in [4.78, 5) is 15.1. The predicted octanol–water partition coefficient (Wildman–Crippen LogP) is 1.95. The number of aromatic nitrogens is 2. The van der Waals surface area contributed by atoms with E-state index in [9.17, 15) is 4.79 Å². The summed E-state index contributed by atoms with van der Waals surface area (Å²) < 4.78 is 2.17. The molecule has 0 unspecified atom stereocenters. The van der Waals surface area contributed by atoms with Crippen LogP contribution >= 0.6 is 11.8 Å². The minimum atomic E-state index is 0.720. The Bertz CT molecular complexity index is 518. The normalized spacial score (nSPS) is 14.6. The molecule has 2 heterocycles. The highest BCUT2D eigenvalue weighted by Crippen LogP contribution is 2.29. The van der Waals surface area contributed by atoms with E-state index < -0.39 is 0 Å². The average Bonchev–Trinajstić information content (AvgIpc) is 2.76. The summed E-state index contributed by atoms with van der Waals surface area (Å²) in [6.45, 7) is 0.999. The fourth-order valence-electron chi connectivity index (χ4n) is 1.75. The van der Waals surface area contributed by atoms with E-state index in [4.69, 9.17) is 0 Å². The first kappa shape index (κ1) is 8.05. The van der Waals surface area contributed by atoms with Crippen LogP contribution in [0.3, 0.4) is 0 Å². The number of rotatable bonds is 1. The van der Waals surface area contributed by atoms with Crippen molar-refractivity contribution in [3.05, 3.63) is 23.8 Å². The summed E-state index contributed by atoms with van der Waals surface area (Å²) in [6, 6.07) is 5.62. The topological polar surface area (TPSA) is 34.9 Å². The number of fused-ring (bicyclic) bond motifs is 3. The van der Waals surface area contributed by atoms with Gasteiger partial charge in [-0.25, -0.2) is 4.98 Å². The minimum absolute atomic E-state index is 0.720. The molecule has 70 valence electrons. The van der Waals surface area contributed by atoms with Crippen LogP contribution in [0.4, 0.5) is 0 Å². The summed E-state index contributed by atoms with van der Waals surface area (Å²) in [5.74, 6) is 1.09. The highest BCUT2D eigenvalue weighted by molar-refractivity contribution is 7.99. The first-order chi connectivity index (χ1) is 6.88. The molecule has 1 aromatic carbocycles. The molecule has 0 saturated heterocycles. The van der Waals surface area contributed by atoms with Crippen LogP contribution in [-0.2, 0) is 6.54 Å². The maximum absolute atomic E-state index is 10.6. The number of hydrogen-bond donors (Lipinski definition) is 0. The minimum Gasteiger partial charge on any atom is -0.318 e. The third kappa shape index (κ3) is 1.00. The van der Waals surface area contributed by atoms with Gasteiger partial charge < -0.3 is 4.57 Å². The molecule has 1 aliphatic rings. The van der Waals surface area contributed by atoms with Gasteiger partial charge in [0.2, 0.25) is 0 Å². The molecule has 14 heavy (non-hydrogen) atoms. The van der Waals surface area contributed by atoms with Gasteiger partial charge in [0.15, 0.2) is 5.16 Å². The molecule has 0 amide bonds. The number of carbonyl (C=O) groups is 1. The first-order valence-corrected chi connectivity index (χ1v) is 5.45.